The summed E-state index contributed by atoms with van der Waals surface area (Å²) in [5.74, 6) is -0.0197. The molecule has 29 heavy (non-hydrogen) atoms. The average molecular weight is 482 g/mol. The van der Waals surface area contributed by atoms with E-state index in [0.29, 0.717) is 23.5 Å². The van der Waals surface area contributed by atoms with Crippen LogP contribution >= 0.6 is 15.9 Å². The van der Waals surface area contributed by atoms with Crippen molar-refractivity contribution in [1.82, 2.24) is 0 Å². The fourth-order valence-electron chi connectivity index (χ4n) is 3.42. The Morgan fingerprint density at radius 2 is 1.93 bits per heavy atom. The lowest BCUT2D eigenvalue weighted by atomic mass is 9.87. The number of halogens is 1. The first-order chi connectivity index (χ1) is 13.6. The standard InChI is InChI=1S/C21H24BrNO5S/c1-5-27-20(24)12-28-19-9-7-16(10-14(19)2)29(25,26)23-13-21(3,4)17-11-15(22)6-8-18(17)23/h6-11H,5,12-13H2,1-4H3. The van der Waals surface area contributed by atoms with E-state index in [-0.39, 0.29) is 23.5 Å². The van der Waals surface area contributed by atoms with Gasteiger partial charge in [-0.25, -0.2) is 13.2 Å². The van der Waals surface area contributed by atoms with Crippen molar-refractivity contribution in [3.63, 3.8) is 0 Å². The Hall–Kier alpha value is -2.06. The molecule has 0 saturated carbocycles. The van der Waals surface area contributed by atoms with E-state index in [4.69, 9.17) is 9.47 Å². The van der Waals surface area contributed by atoms with Gasteiger partial charge < -0.3 is 9.47 Å². The third-order valence-electron chi connectivity index (χ3n) is 4.88. The molecular formula is C21H24BrNO5S. The quantitative estimate of drug-likeness (QED) is 0.578. The number of fused-ring (bicyclic) bond motifs is 1. The van der Waals surface area contributed by atoms with Crippen LogP contribution in [0.25, 0.3) is 0 Å². The van der Waals surface area contributed by atoms with Gasteiger partial charge in [-0.2, -0.15) is 0 Å². The third-order valence-corrected chi connectivity index (χ3v) is 7.13. The Morgan fingerprint density at radius 3 is 2.59 bits per heavy atom. The molecule has 2 aromatic carbocycles. The Balaban J connectivity index is 1.89. The second-order valence-corrected chi connectivity index (χ2v) is 10.4. The maximum atomic E-state index is 13.4. The van der Waals surface area contributed by atoms with Crippen molar-refractivity contribution in [1.29, 1.82) is 0 Å². The minimum Gasteiger partial charge on any atom is -0.482 e. The van der Waals surface area contributed by atoms with E-state index in [1.165, 1.54) is 10.4 Å². The van der Waals surface area contributed by atoms with Gasteiger partial charge in [-0.05, 0) is 61.4 Å². The molecule has 3 rings (SSSR count). The summed E-state index contributed by atoms with van der Waals surface area (Å²) in [6.07, 6.45) is 0. The number of carbonyl (C=O) groups excluding carboxylic acids is 1. The van der Waals surface area contributed by atoms with Crippen molar-refractivity contribution in [2.45, 2.75) is 38.0 Å². The zero-order valence-electron chi connectivity index (χ0n) is 16.9. The number of nitrogens with zero attached hydrogens (tertiary/aromatic N) is 1. The average Bonchev–Trinajstić information content (AvgIpc) is 2.92. The fraction of sp³-hybridized carbons (Fsp3) is 0.381. The van der Waals surface area contributed by atoms with Crippen LogP contribution < -0.4 is 9.04 Å². The number of ether oxygens (including phenoxy) is 2. The van der Waals surface area contributed by atoms with Crippen molar-refractivity contribution < 1.29 is 22.7 Å². The highest BCUT2D eigenvalue weighted by atomic mass is 79.9. The summed E-state index contributed by atoms with van der Waals surface area (Å²) in [5, 5.41) is 0. The molecule has 0 atom stereocenters. The third kappa shape index (κ3) is 4.28. The Kier molecular flexibility index (Phi) is 5.96. The smallest absolute Gasteiger partial charge is 0.344 e. The van der Waals surface area contributed by atoms with Crippen molar-refractivity contribution in [2.24, 2.45) is 0 Å². The first-order valence-electron chi connectivity index (χ1n) is 9.28. The van der Waals surface area contributed by atoms with Gasteiger partial charge in [-0.3, -0.25) is 4.31 Å². The van der Waals surface area contributed by atoms with Gasteiger partial charge in [0.1, 0.15) is 5.75 Å². The zero-order valence-corrected chi connectivity index (χ0v) is 19.3. The van der Waals surface area contributed by atoms with Crippen LogP contribution in [0.1, 0.15) is 31.9 Å². The van der Waals surface area contributed by atoms with Gasteiger partial charge in [-0.15, -0.1) is 0 Å². The molecule has 8 heteroatoms. The minimum atomic E-state index is -3.74. The number of anilines is 1. The molecule has 0 radical (unpaired) electrons. The summed E-state index contributed by atoms with van der Waals surface area (Å²) in [6.45, 7) is 7.96. The van der Waals surface area contributed by atoms with Gasteiger partial charge in [0, 0.05) is 16.4 Å². The second-order valence-electron chi connectivity index (χ2n) is 7.58. The second kappa shape index (κ2) is 7.99. The molecule has 2 aromatic rings. The predicted octanol–water partition coefficient (Wildman–Crippen LogP) is 4.19. The Labute approximate surface area is 180 Å². The maximum Gasteiger partial charge on any atom is 0.344 e. The number of hydrogen-bond donors (Lipinski definition) is 0. The van der Waals surface area contributed by atoms with Crippen molar-refractivity contribution in [2.75, 3.05) is 24.1 Å². The van der Waals surface area contributed by atoms with Crippen LogP contribution in [0, 0.1) is 6.92 Å². The number of rotatable bonds is 6. The van der Waals surface area contributed by atoms with Crippen molar-refractivity contribution in [3.05, 3.63) is 52.0 Å². The fourth-order valence-corrected chi connectivity index (χ4v) is 5.51. The summed E-state index contributed by atoms with van der Waals surface area (Å²) in [4.78, 5) is 11.7. The number of hydrogen-bond acceptors (Lipinski definition) is 5. The maximum absolute atomic E-state index is 13.4. The minimum absolute atomic E-state index is 0.185. The van der Waals surface area contributed by atoms with Crippen LogP contribution in [-0.4, -0.2) is 34.1 Å². The van der Waals surface area contributed by atoms with Crippen molar-refractivity contribution in [3.8, 4) is 5.75 Å². The predicted molar refractivity (Wildman–Crippen MR) is 115 cm³/mol. The highest BCUT2D eigenvalue weighted by Gasteiger charge is 2.41. The highest BCUT2D eigenvalue weighted by molar-refractivity contribution is 9.10. The van der Waals surface area contributed by atoms with Gasteiger partial charge in [-0.1, -0.05) is 29.8 Å². The number of aryl methyl sites for hydroxylation is 1. The lowest BCUT2D eigenvalue weighted by molar-refractivity contribution is -0.145. The largest absolute Gasteiger partial charge is 0.482 e. The molecular weight excluding hydrogens is 458 g/mol. The van der Waals surface area contributed by atoms with Crippen LogP contribution in [0.2, 0.25) is 0 Å². The van der Waals surface area contributed by atoms with Gasteiger partial charge in [0.2, 0.25) is 0 Å². The van der Waals surface area contributed by atoms with Crippen LogP contribution in [0.3, 0.4) is 0 Å². The lowest BCUT2D eigenvalue weighted by Crippen LogP contribution is -2.34. The molecule has 6 nitrogen and oxygen atoms in total. The summed E-state index contributed by atoms with van der Waals surface area (Å²) in [6, 6.07) is 10.3. The van der Waals surface area contributed by atoms with Crippen LogP contribution in [0.5, 0.6) is 5.75 Å². The summed E-state index contributed by atoms with van der Waals surface area (Å²) in [5.41, 5.74) is 2.01. The Morgan fingerprint density at radius 1 is 1.21 bits per heavy atom. The van der Waals surface area contributed by atoms with E-state index in [0.717, 1.165) is 10.0 Å². The molecule has 1 aliphatic rings. The molecule has 0 saturated heterocycles. The van der Waals surface area contributed by atoms with Gasteiger partial charge in [0.05, 0.1) is 17.2 Å². The molecule has 0 spiro atoms. The highest BCUT2D eigenvalue weighted by Crippen LogP contribution is 2.44. The normalized spacial score (nSPS) is 15.1. The first-order valence-corrected chi connectivity index (χ1v) is 11.5. The molecule has 0 amide bonds. The van der Waals surface area contributed by atoms with Crippen LogP contribution in [-0.2, 0) is 25.0 Å². The van der Waals surface area contributed by atoms with Gasteiger partial charge >= 0.3 is 5.97 Å². The molecule has 0 unspecified atom stereocenters. The summed E-state index contributed by atoms with van der Waals surface area (Å²) >= 11 is 3.47. The molecule has 0 bridgehead atoms. The molecule has 0 fully saturated rings. The van der Waals surface area contributed by atoms with Crippen LogP contribution in [0.4, 0.5) is 5.69 Å². The first kappa shape index (κ1) is 21.6. The molecule has 156 valence electrons. The summed E-state index contributed by atoms with van der Waals surface area (Å²) in [7, 11) is -3.74. The van der Waals surface area contributed by atoms with Gasteiger partial charge in [0.25, 0.3) is 10.0 Å². The molecule has 0 N–H and O–H groups in total. The zero-order chi connectivity index (χ0) is 21.4. The van der Waals surface area contributed by atoms with E-state index in [9.17, 15) is 13.2 Å². The van der Waals surface area contributed by atoms with Crippen molar-refractivity contribution >= 4 is 37.6 Å². The number of sulfonamides is 1. The number of carbonyl (C=O) groups is 1. The lowest BCUT2D eigenvalue weighted by Gasteiger charge is -2.22. The Bertz CT molecular complexity index is 1050. The molecule has 0 aliphatic carbocycles. The molecule has 0 aromatic heterocycles. The van der Waals surface area contributed by atoms with E-state index in [2.05, 4.69) is 15.9 Å². The monoisotopic (exact) mass is 481 g/mol. The van der Waals surface area contributed by atoms with E-state index in [1.54, 1.807) is 26.0 Å². The topological polar surface area (TPSA) is 72.9 Å². The van der Waals surface area contributed by atoms with E-state index >= 15 is 0 Å². The van der Waals surface area contributed by atoms with E-state index < -0.39 is 16.0 Å². The number of benzene rings is 2. The molecule has 1 heterocycles. The number of esters is 1. The molecule has 1 aliphatic heterocycles. The summed E-state index contributed by atoms with van der Waals surface area (Å²) < 4.78 is 39.4. The SMILES string of the molecule is CCOC(=O)COc1ccc(S(=O)(=O)N2CC(C)(C)c3cc(Br)ccc32)cc1C. The van der Waals surface area contributed by atoms with E-state index in [1.807, 2.05) is 32.0 Å². The van der Waals surface area contributed by atoms with Gasteiger partial charge in [0.15, 0.2) is 6.61 Å². The van der Waals surface area contributed by atoms with Crippen LogP contribution in [0.15, 0.2) is 45.8 Å².